The molecule has 0 unspecified atom stereocenters. The van der Waals surface area contributed by atoms with Crippen LogP contribution in [-0.2, 0) is 6.61 Å². The number of hydrogen-bond acceptors (Lipinski definition) is 3. The van der Waals surface area contributed by atoms with E-state index in [-0.39, 0.29) is 11.6 Å². The van der Waals surface area contributed by atoms with Gasteiger partial charge in [0, 0.05) is 11.1 Å². The summed E-state index contributed by atoms with van der Waals surface area (Å²) in [5, 5.41) is 11.9. The minimum absolute atomic E-state index is 0.0723. The molecule has 0 aromatic heterocycles. The second-order valence-corrected chi connectivity index (χ2v) is 4.62. The molecule has 104 valence electrons. The van der Waals surface area contributed by atoms with Crippen LogP contribution in [-0.4, -0.2) is 10.9 Å². The summed E-state index contributed by atoms with van der Waals surface area (Å²) in [5.74, 6) is 0.0864. The fourth-order valence-corrected chi connectivity index (χ4v) is 1.88. The van der Waals surface area contributed by atoms with Crippen LogP contribution in [0, 0.1) is 5.82 Å². The van der Waals surface area contributed by atoms with Gasteiger partial charge in [-0.2, -0.15) is 0 Å². The van der Waals surface area contributed by atoms with Gasteiger partial charge < -0.3 is 9.94 Å². The molecular formula is C15H13ClFNO2. The van der Waals surface area contributed by atoms with Crippen molar-refractivity contribution in [1.29, 1.82) is 0 Å². The van der Waals surface area contributed by atoms with Crippen LogP contribution < -0.4 is 4.74 Å². The predicted molar refractivity (Wildman–Crippen MR) is 76.2 cm³/mol. The molecular weight excluding hydrogens is 281 g/mol. The lowest BCUT2D eigenvalue weighted by molar-refractivity contribution is 0.299. The summed E-state index contributed by atoms with van der Waals surface area (Å²) < 4.78 is 19.2. The van der Waals surface area contributed by atoms with Gasteiger partial charge >= 0.3 is 0 Å². The number of benzene rings is 2. The Morgan fingerprint density at radius 1 is 1.30 bits per heavy atom. The van der Waals surface area contributed by atoms with Crippen molar-refractivity contribution in [2.24, 2.45) is 5.16 Å². The highest BCUT2D eigenvalue weighted by molar-refractivity contribution is 6.30. The Kier molecular flexibility index (Phi) is 4.58. The van der Waals surface area contributed by atoms with E-state index in [1.54, 1.807) is 43.3 Å². The van der Waals surface area contributed by atoms with Crippen molar-refractivity contribution in [1.82, 2.24) is 0 Å². The molecule has 2 rings (SSSR count). The average Bonchev–Trinajstić information content (AvgIpc) is 2.48. The van der Waals surface area contributed by atoms with Gasteiger partial charge in [0.15, 0.2) is 0 Å². The van der Waals surface area contributed by atoms with Crippen LogP contribution in [0.25, 0.3) is 0 Å². The van der Waals surface area contributed by atoms with E-state index in [0.29, 0.717) is 17.0 Å². The Morgan fingerprint density at radius 2 is 2.05 bits per heavy atom. The van der Waals surface area contributed by atoms with Gasteiger partial charge in [0.1, 0.15) is 18.2 Å². The van der Waals surface area contributed by atoms with Crippen molar-refractivity contribution < 1.29 is 14.3 Å². The molecule has 0 fully saturated rings. The molecule has 0 saturated carbocycles. The lowest BCUT2D eigenvalue weighted by Gasteiger charge is -2.09. The van der Waals surface area contributed by atoms with E-state index >= 15 is 0 Å². The van der Waals surface area contributed by atoms with Crippen LogP contribution in [0.3, 0.4) is 0 Å². The standard InChI is InChI=1S/C15H13ClFNO2/c1-10(18-19)11-4-2-6-13(8-11)20-9-12-5-3-7-14(16)15(12)17/h2-8,19H,9H2,1H3/b18-10-. The molecule has 3 nitrogen and oxygen atoms in total. The number of nitrogens with zero attached hydrogens (tertiary/aromatic N) is 1. The van der Waals surface area contributed by atoms with E-state index in [9.17, 15) is 4.39 Å². The third-order valence-corrected chi connectivity index (χ3v) is 3.12. The third kappa shape index (κ3) is 3.27. The van der Waals surface area contributed by atoms with E-state index in [4.69, 9.17) is 21.5 Å². The summed E-state index contributed by atoms with van der Waals surface area (Å²) in [6.07, 6.45) is 0. The number of hydrogen-bond donors (Lipinski definition) is 1. The third-order valence-electron chi connectivity index (χ3n) is 2.83. The quantitative estimate of drug-likeness (QED) is 0.520. The fraction of sp³-hybridized carbons (Fsp3) is 0.133. The Bertz CT molecular complexity index is 644. The monoisotopic (exact) mass is 293 g/mol. The maximum Gasteiger partial charge on any atom is 0.148 e. The zero-order valence-corrected chi connectivity index (χ0v) is 11.6. The van der Waals surface area contributed by atoms with Crippen molar-refractivity contribution in [2.75, 3.05) is 0 Å². The first-order valence-electron chi connectivity index (χ1n) is 5.96. The van der Waals surface area contributed by atoms with Gasteiger partial charge in [-0.1, -0.05) is 41.0 Å². The van der Waals surface area contributed by atoms with E-state index in [1.165, 1.54) is 6.07 Å². The molecule has 0 aliphatic heterocycles. The Labute approximate surface area is 121 Å². The molecule has 5 heteroatoms. The smallest absolute Gasteiger partial charge is 0.148 e. The number of oxime groups is 1. The van der Waals surface area contributed by atoms with Crippen LogP contribution in [0.4, 0.5) is 4.39 Å². The van der Waals surface area contributed by atoms with Gasteiger partial charge in [-0.3, -0.25) is 0 Å². The van der Waals surface area contributed by atoms with Crippen molar-refractivity contribution >= 4 is 17.3 Å². The molecule has 2 aromatic rings. The Morgan fingerprint density at radius 3 is 2.80 bits per heavy atom. The molecule has 0 aliphatic rings. The zero-order valence-electron chi connectivity index (χ0n) is 10.8. The van der Waals surface area contributed by atoms with E-state index in [2.05, 4.69) is 5.16 Å². The van der Waals surface area contributed by atoms with Gasteiger partial charge in [-0.15, -0.1) is 0 Å². The lowest BCUT2D eigenvalue weighted by atomic mass is 10.1. The van der Waals surface area contributed by atoms with Gasteiger partial charge in [-0.05, 0) is 25.1 Å². The molecule has 0 amide bonds. The second kappa shape index (κ2) is 6.39. The van der Waals surface area contributed by atoms with Crippen LogP contribution in [0.5, 0.6) is 5.75 Å². The molecule has 0 heterocycles. The molecule has 0 radical (unpaired) electrons. The Hall–Kier alpha value is -2.07. The van der Waals surface area contributed by atoms with E-state index in [0.717, 1.165) is 5.56 Å². The highest BCUT2D eigenvalue weighted by atomic mass is 35.5. The molecule has 0 aliphatic carbocycles. The van der Waals surface area contributed by atoms with Gasteiger partial charge in [0.05, 0.1) is 10.7 Å². The fourth-order valence-electron chi connectivity index (χ4n) is 1.69. The average molecular weight is 294 g/mol. The number of halogens is 2. The summed E-state index contributed by atoms with van der Waals surface area (Å²) in [6, 6.07) is 11.8. The molecule has 0 atom stereocenters. The summed E-state index contributed by atoms with van der Waals surface area (Å²) in [7, 11) is 0. The number of rotatable bonds is 4. The van der Waals surface area contributed by atoms with Gasteiger partial charge in [0.2, 0.25) is 0 Å². The zero-order chi connectivity index (χ0) is 14.5. The largest absolute Gasteiger partial charge is 0.489 e. The molecule has 20 heavy (non-hydrogen) atoms. The normalized spacial score (nSPS) is 11.4. The summed E-state index contributed by atoms with van der Waals surface area (Å²) >= 11 is 5.71. The molecule has 0 spiro atoms. The second-order valence-electron chi connectivity index (χ2n) is 4.21. The molecule has 0 saturated heterocycles. The first-order valence-corrected chi connectivity index (χ1v) is 6.34. The van der Waals surface area contributed by atoms with Crippen LogP contribution in [0.2, 0.25) is 5.02 Å². The van der Waals surface area contributed by atoms with E-state index < -0.39 is 5.82 Å². The highest BCUT2D eigenvalue weighted by Gasteiger charge is 2.07. The minimum Gasteiger partial charge on any atom is -0.489 e. The highest BCUT2D eigenvalue weighted by Crippen LogP contribution is 2.20. The lowest BCUT2D eigenvalue weighted by Crippen LogP contribution is -2.00. The molecule has 1 N–H and O–H groups in total. The number of ether oxygens (including phenoxy) is 1. The van der Waals surface area contributed by atoms with Gasteiger partial charge in [-0.25, -0.2) is 4.39 Å². The molecule has 2 aromatic carbocycles. The minimum atomic E-state index is -0.474. The predicted octanol–water partition coefficient (Wildman–Crippen LogP) is 4.26. The summed E-state index contributed by atoms with van der Waals surface area (Å²) in [5.41, 5.74) is 1.59. The van der Waals surface area contributed by atoms with Crippen molar-refractivity contribution in [3.8, 4) is 5.75 Å². The van der Waals surface area contributed by atoms with Crippen LogP contribution >= 0.6 is 11.6 Å². The van der Waals surface area contributed by atoms with Gasteiger partial charge in [0.25, 0.3) is 0 Å². The summed E-state index contributed by atoms with van der Waals surface area (Å²) in [4.78, 5) is 0. The van der Waals surface area contributed by atoms with E-state index in [1.807, 2.05) is 0 Å². The first kappa shape index (κ1) is 14.3. The maximum atomic E-state index is 13.7. The van der Waals surface area contributed by atoms with Crippen LogP contribution in [0.1, 0.15) is 18.1 Å². The van der Waals surface area contributed by atoms with Crippen molar-refractivity contribution in [3.63, 3.8) is 0 Å². The van der Waals surface area contributed by atoms with Crippen molar-refractivity contribution in [2.45, 2.75) is 13.5 Å². The molecule has 0 bridgehead atoms. The van der Waals surface area contributed by atoms with Crippen molar-refractivity contribution in [3.05, 3.63) is 64.4 Å². The SMILES string of the molecule is C/C(=N/O)c1cccc(OCc2cccc(Cl)c2F)c1. The maximum absolute atomic E-state index is 13.7. The first-order chi connectivity index (χ1) is 9.61. The summed E-state index contributed by atoms with van der Waals surface area (Å²) in [6.45, 7) is 1.75. The topological polar surface area (TPSA) is 41.8 Å². The van der Waals surface area contributed by atoms with Crippen LogP contribution in [0.15, 0.2) is 47.6 Å². The Balaban J connectivity index is 2.13.